The highest BCUT2D eigenvalue weighted by molar-refractivity contribution is 7.09. The Balaban J connectivity index is 1.91. The van der Waals surface area contributed by atoms with Crippen molar-refractivity contribution in [1.29, 1.82) is 0 Å². The molecule has 1 N–H and O–H groups in total. The minimum absolute atomic E-state index is 0.0500. The summed E-state index contributed by atoms with van der Waals surface area (Å²) in [5.74, 6) is 0.687. The molecule has 2 rings (SSSR count). The first-order valence-electron chi connectivity index (χ1n) is 7.03. The number of rotatable bonds is 6. The minimum atomic E-state index is -0.0500. The molecular weight excluding hydrogens is 284 g/mol. The number of aromatic nitrogens is 1. The molecule has 0 aliphatic rings. The molecule has 1 unspecified atom stereocenters. The van der Waals surface area contributed by atoms with Gasteiger partial charge in [0, 0.05) is 17.0 Å². The molecule has 0 saturated heterocycles. The predicted octanol–water partition coefficient (Wildman–Crippen LogP) is 3.56. The van der Waals surface area contributed by atoms with Gasteiger partial charge in [-0.2, -0.15) is 0 Å². The first-order valence-corrected chi connectivity index (χ1v) is 7.91. The summed E-state index contributed by atoms with van der Waals surface area (Å²) in [6, 6.07) is 7.36. The van der Waals surface area contributed by atoms with Crippen molar-refractivity contribution in [2.24, 2.45) is 0 Å². The summed E-state index contributed by atoms with van der Waals surface area (Å²) in [6.07, 6.45) is 0.917. The molecule has 0 fully saturated rings. The molecule has 1 amide bonds. The number of nitrogens with one attached hydrogen (secondary N) is 1. The van der Waals surface area contributed by atoms with Crippen molar-refractivity contribution in [3.63, 3.8) is 0 Å². The lowest BCUT2D eigenvalue weighted by atomic mass is 10.2. The standard InChI is InChI=1S/C16H20N2O2S/c1-4-11(2)17-16(19)13-5-7-15(8-6-13)20-9-14-10-21-12(3)18-14/h5-8,10-11H,4,9H2,1-3H3,(H,17,19). The van der Waals surface area contributed by atoms with Crippen LogP contribution in [0.25, 0.3) is 0 Å². The number of carbonyl (C=O) groups is 1. The highest BCUT2D eigenvalue weighted by atomic mass is 32.1. The van der Waals surface area contributed by atoms with Gasteiger partial charge in [-0.15, -0.1) is 11.3 Å². The molecule has 5 heteroatoms. The molecule has 0 spiro atoms. The summed E-state index contributed by atoms with van der Waals surface area (Å²) in [4.78, 5) is 16.3. The lowest BCUT2D eigenvalue weighted by molar-refractivity contribution is 0.0939. The van der Waals surface area contributed by atoms with Crippen LogP contribution in [0.4, 0.5) is 0 Å². The van der Waals surface area contributed by atoms with E-state index in [0.29, 0.717) is 12.2 Å². The average Bonchev–Trinajstić information content (AvgIpc) is 2.91. The topological polar surface area (TPSA) is 51.2 Å². The third-order valence-electron chi connectivity index (χ3n) is 3.16. The van der Waals surface area contributed by atoms with Crippen molar-refractivity contribution in [3.8, 4) is 5.75 Å². The summed E-state index contributed by atoms with van der Waals surface area (Å²) in [5.41, 5.74) is 1.57. The molecule has 21 heavy (non-hydrogen) atoms. The number of benzene rings is 1. The van der Waals surface area contributed by atoms with Crippen molar-refractivity contribution in [1.82, 2.24) is 10.3 Å². The van der Waals surface area contributed by atoms with E-state index in [4.69, 9.17) is 4.74 Å². The van der Waals surface area contributed by atoms with E-state index < -0.39 is 0 Å². The van der Waals surface area contributed by atoms with Gasteiger partial charge in [-0.3, -0.25) is 4.79 Å². The van der Waals surface area contributed by atoms with E-state index in [1.54, 1.807) is 23.5 Å². The second-order valence-electron chi connectivity index (χ2n) is 4.95. The molecule has 1 aromatic heterocycles. The third-order valence-corrected chi connectivity index (χ3v) is 3.98. The summed E-state index contributed by atoms with van der Waals surface area (Å²) < 4.78 is 5.65. The van der Waals surface area contributed by atoms with E-state index in [-0.39, 0.29) is 11.9 Å². The van der Waals surface area contributed by atoms with Gasteiger partial charge in [0.2, 0.25) is 0 Å². The van der Waals surface area contributed by atoms with Crippen LogP contribution in [0.2, 0.25) is 0 Å². The van der Waals surface area contributed by atoms with E-state index in [1.807, 2.05) is 38.3 Å². The van der Waals surface area contributed by atoms with Crippen molar-refractivity contribution < 1.29 is 9.53 Å². The molecule has 112 valence electrons. The lowest BCUT2D eigenvalue weighted by Crippen LogP contribution is -2.31. The number of thiazole rings is 1. The van der Waals surface area contributed by atoms with Gasteiger partial charge in [-0.25, -0.2) is 4.98 Å². The first-order chi connectivity index (χ1) is 10.1. The van der Waals surface area contributed by atoms with Crippen LogP contribution in [-0.4, -0.2) is 16.9 Å². The fraction of sp³-hybridized carbons (Fsp3) is 0.375. The average molecular weight is 304 g/mol. The second kappa shape index (κ2) is 7.22. The molecule has 1 atom stereocenters. The van der Waals surface area contributed by atoms with E-state index in [9.17, 15) is 4.79 Å². The van der Waals surface area contributed by atoms with E-state index in [1.165, 1.54) is 0 Å². The van der Waals surface area contributed by atoms with Gasteiger partial charge >= 0.3 is 0 Å². The molecule has 0 aliphatic heterocycles. The Hall–Kier alpha value is -1.88. The van der Waals surface area contributed by atoms with E-state index >= 15 is 0 Å². The van der Waals surface area contributed by atoms with Crippen molar-refractivity contribution in [2.75, 3.05) is 0 Å². The van der Waals surface area contributed by atoms with E-state index in [2.05, 4.69) is 10.3 Å². The number of hydrogen-bond acceptors (Lipinski definition) is 4. The van der Waals surface area contributed by atoms with Gasteiger partial charge in [0.15, 0.2) is 0 Å². The highest BCUT2D eigenvalue weighted by Gasteiger charge is 2.08. The van der Waals surface area contributed by atoms with Crippen LogP contribution in [-0.2, 0) is 6.61 Å². The smallest absolute Gasteiger partial charge is 0.251 e. The number of ether oxygens (including phenoxy) is 1. The van der Waals surface area contributed by atoms with Crippen molar-refractivity contribution >= 4 is 17.2 Å². The fourth-order valence-corrected chi connectivity index (χ4v) is 2.34. The highest BCUT2D eigenvalue weighted by Crippen LogP contribution is 2.15. The summed E-state index contributed by atoms with van der Waals surface area (Å²) >= 11 is 1.61. The molecule has 2 aromatic rings. The quantitative estimate of drug-likeness (QED) is 0.887. The largest absolute Gasteiger partial charge is 0.487 e. The van der Waals surface area contributed by atoms with Crippen LogP contribution in [0.1, 0.15) is 41.3 Å². The Bertz CT molecular complexity index is 593. The second-order valence-corrected chi connectivity index (χ2v) is 6.02. The lowest BCUT2D eigenvalue weighted by Gasteiger charge is -2.11. The number of nitrogens with zero attached hydrogens (tertiary/aromatic N) is 1. The third kappa shape index (κ3) is 4.56. The predicted molar refractivity (Wildman–Crippen MR) is 84.8 cm³/mol. The van der Waals surface area contributed by atoms with Gasteiger partial charge in [0.05, 0.1) is 10.7 Å². The van der Waals surface area contributed by atoms with Crippen LogP contribution < -0.4 is 10.1 Å². The normalized spacial score (nSPS) is 12.0. The van der Waals surface area contributed by atoms with Crippen molar-refractivity contribution in [2.45, 2.75) is 39.8 Å². The molecule has 0 aliphatic carbocycles. The number of hydrogen-bond donors (Lipinski definition) is 1. The number of carbonyl (C=O) groups excluding carboxylic acids is 1. The van der Waals surface area contributed by atoms with Gasteiger partial charge in [0.1, 0.15) is 12.4 Å². The Morgan fingerprint density at radius 3 is 2.67 bits per heavy atom. The molecule has 0 radical (unpaired) electrons. The Labute approximate surface area is 129 Å². The van der Waals surface area contributed by atoms with E-state index in [0.717, 1.165) is 22.9 Å². The van der Waals surface area contributed by atoms with Gasteiger partial charge in [-0.05, 0) is 44.5 Å². The van der Waals surface area contributed by atoms with Crippen LogP contribution in [0.5, 0.6) is 5.75 Å². The maximum Gasteiger partial charge on any atom is 0.251 e. The SMILES string of the molecule is CCC(C)NC(=O)c1ccc(OCc2csc(C)n2)cc1. The van der Waals surface area contributed by atoms with Gasteiger partial charge in [0.25, 0.3) is 5.91 Å². The van der Waals surface area contributed by atoms with Gasteiger partial charge < -0.3 is 10.1 Å². The molecule has 0 saturated carbocycles. The van der Waals surface area contributed by atoms with Gasteiger partial charge in [-0.1, -0.05) is 6.92 Å². The molecule has 0 bridgehead atoms. The van der Waals surface area contributed by atoms with Crippen LogP contribution in [0.15, 0.2) is 29.6 Å². The number of amides is 1. The molecular formula is C16H20N2O2S. The van der Waals surface area contributed by atoms with Crippen LogP contribution in [0, 0.1) is 6.92 Å². The maximum absolute atomic E-state index is 11.9. The van der Waals surface area contributed by atoms with Crippen molar-refractivity contribution in [3.05, 3.63) is 45.9 Å². The fourth-order valence-electron chi connectivity index (χ4n) is 1.74. The monoisotopic (exact) mass is 304 g/mol. The molecule has 1 heterocycles. The Morgan fingerprint density at radius 1 is 1.38 bits per heavy atom. The summed E-state index contributed by atoms with van der Waals surface area (Å²) in [7, 11) is 0. The Kier molecular flexibility index (Phi) is 5.33. The summed E-state index contributed by atoms with van der Waals surface area (Å²) in [5, 5.41) is 5.96. The number of aryl methyl sites for hydroxylation is 1. The maximum atomic E-state index is 11.9. The Morgan fingerprint density at radius 2 is 2.10 bits per heavy atom. The van der Waals surface area contributed by atoms with Crippen LogP contribution in [0.3, 0.4) is 0 Å². The zero-order valence-corrected chi connectivity index (χ0v) is 13.4. The zero-order valence-electron chi connectivity index (χ0n) is 12.6. The first kappa shape index (κ1) is 15.5. The summed E-state index contributed by atoms with van der Waals surface area (Å²) in [6.45, 7) is 6.45. The molecule has 1 aromatic carbocycles. The zero-order chi connectivity index (χ0) is 15.2. The van der Waals surface area contributed by atoms with Crippen LogP contribution >= 0.6 is 11.3 Å². The minimum Gasteiger partial charge on any atom is -0.487 e. The molecule has 4 nitrogen and oxygen atoms in total.